The molecule has 2 aromatic rings. The summed E-state index contributed by atoms with van der Waals surface area (Å²) in [4.78, 5) is 40.4. The third-order valence-corrected chi connectivity index (χ3v) is 8.33. The lowest BCUT2D eigenvalue weighted by Gasteiger charge is -2.37. The Morgan fingerprint density at radius 2 is 2.07 bits per heavy atom. The zero-order valence-electron chi connectivity index (χ0n) is 25.5. The molecule has 2 aliphatic heterocycles. The number of benzene rings is 1. The van der Waals surface area contributed by atoms with Crippen LogP contribution in [0.15, 0.2) is 76.7 Å². The number of aryl methyl sites for hydroxylation is 1. The van der Waals surface area contributed by atoms with Crippen molar-refractivity contribution in [2.24, 2.45) is 4.99 Å². The highest BCUT2D eigenvalue weighted by Gasteiger charge is 2.36. The Morgan fingerprint density at radius 1 is 1.33 bits per heavy atom. The molecule has 1 saturated heterocycles. The molecule has 2 atom stereocenters. The molecule has 4 rings (SSSR count). The van der Waals surface area contributed by atoms with Crippen molar-refractivity contribution in [3.05, 3.63) is 94.3 Å². The van der Waals surface area contributed by atoms with E-state index in [0.717, 1.165) is 30.5 Å². The summed E-state index contributed by atoms with van der Waals surface area (Å²) in [7, 11) is 1.70. The van der Waals surface area contributed by atoms with Gasteiger partial charge in [0.25, 0.3) is 0 Å². The van der Waals surface area contributed by atoms with E-state index in [2.05, 4.69) is 21.8 Å². The lowest BCUT2D eigenvalue weighted by Crippen LogP contribution is -2.47. The van der Waals surface area contributed by atoms with Gasteiger partial charge in [-0.1, -0.05) is 50.2 Å². The Morgan fingerprint density at radius 3 is 2.70 bits per heavy atom. The first-order valence-corrected chi connectivity index (χ1v) is 15.0. The zero-order chi connectivity index (χ0) is 31.3. The van der Waals surface area contributed by atoms with E-state index in [9.17, 15) is 9.59 Å². The van der Waals surface area contributed by atoms with Crippen LogP contribution in [0.2, 0.25) is 0 Å². The molecular formula is C33H40ClFN6O2. The number of nitrogens with one attached hydrogen (secondary N) is 1. The summed E-state index contributed by atoms with van der Waals surface area (Å²) in [6, 6.07) is 7.55. The summed E-state index contributed by atoms with van der Waals surface area (Å²) in [5.41, 5.74) is 3.20. The Balaban J connectivity index is 1.89. The maximum atomic E-state index is 15.1. The van der Waals surface area contributed by atoms with E-state index in [0.29, 0.717) is 53.1 Å². The van der Waals surface area contributed by atoms with Gasteiger partial charge in [-0.05, 0) is 62.5 Å². The molecule has 10 heteroatoms. The van der Waals surface area contributed by atoms with Crippen molar-refractivity contribution in [1.82, 2.24) is 20.1 Å². The molecule has 228 valence electrons. The third-order valence-electron chi connectivity index (χ3n) is 8.00. The number of amides is 2. The quantitative estimate of drug-likeness (QED) is 0.160. The number of aromatic nitrogens is 1. The Kier molecular flexibility index (Phi) is 10.4. The van der Waals surface area contributed by atoms with E-state index in [1.54, 1.807) is 42.4 Å². The van der Waals surface area contributed by atoms with Crippen LogP contribution < -0.4 is 10.2 Å². The maximum Gasteiger partial charge on any atom is 0.246 e. The van der Waals surface area contributed by atoms with Crippen LogP contribution in [-0.4, -0.2) is 65.7 Å². The number of anilines is 1. The SMILES string of the molecule is C=CC(=O)N(CC)C[C@H]1CCCN1C(=NC)C1=C(N(C=O)c2c(C)ccnc2C(C)C)NC(c2ccccc2F)C(Cl)=C1. The van der Waals surface area contributed by atoms with Crippen molar-refractivity contribution in [3.8, 4) is 0 Å². The average Bonchev–Trinajstić information content (AvgIpc) is 3.45. The molecule has 0 bridgehead atoms. The number of hydrogen-bond acceptors (Lipinski definition) is 5. The monoisotopic (exact) mass is 606 g/mol. The molecule has 2 aliphatic rings. The van der Waals surface area contributed by atoms with E-state index in [1.165, 1.54) is 17.0 Å². The molecule has 0 aliphatic carbocycles. The van der Waals surface area contributed by atoms with E-state index < -0.39 is 11.9 Å². The molecule has 0 spiro atoms. The van der Waals surface area contributed by atoms with Crippen LogP contribution in [0, 0.1) is 12.7 Å². The van der Waals surface area contributed by atoms with Crippen LogP contribution in [0.4, 0.5) is 10.1 Å². The van der Waals surface area contributed by atoms with Crippen molar-refractivity contribution in [2.45, 2.75) is 58.5 Å². The van der Waals surface area contributed by atoms with Gasteiger partial charge in [-0.25, -0.2) is 4.39 Å². The Labute approximate surface area is 258 Å². The molecule has 1 fully saturated rings. The van der Waals surface area contributed by atoms with Gasteiger partial charge in [-0.15, -0.1) is 0 Å². The summed E-state index contributed by atoms with van der Waals surface area (Å²) in [6.45, 7) is 13.3. The molecule has 3 heterocycles. The lowest BCUT2D eigenvalue weighted by atomic mass is 9.98. The van der Waals surface area contributed by atoms with Crippen molar-refractivity contribution >= 4 is 35.4 Å². The van der Waals surface area contributed by atoms with Crippen molar-refractivity contribution in [3.63, 3.8) is 0 Å². The smallest absolute Gasteiger partial charge is 0.246 e. The minimum Gasteiger partial charge on any atom is -0.359 e. The van der Waals surface area contributed by atoms with Gasteiger partial charge in [0.15, 0.2) is 0 Å². The van der Waals surface area contributed by atoms with E-state index in [4.69, 9.17) is 16.6 Å². The number of pyridine rings is 1. The average molecular weight is 607 g/mol. The largest absolute Gasteiger partial charge is 0.359 e. The van der Waals surface area contributed by atoms with Crippen LogP contribution in [0.5, 0.6) is 0 Å². The lowest BCUT2D eigenvalue weighted by molar-refractivity contribution is -0.126. The number of carbonyl (C=O) groups is 2. The normalized spacial score (nSPS) is 18.8. The molecule has 8 nitrogen and oxygen atoms in total. The Bertz CT molecular complexity index is 1470. The van der Waals surface area contributed by atoms with Crippen LogP contribution in [0.1, 0.15) is 62.4 Å². The minimum atomic E-state index is -0.739. The number of aliphatic imine (C=N–C) groups is 1. The van der Waals surface area contributed by atoms with Crippen LogP contribution in [-0.2, 0) is 9.59 Å². The predicted molar refractivity (Wildman–Crippen MR) is 170 cm³/mol. The second-order valence-corrected chi connectivity index (χ2v) is 11.4. The topological polar surface area (TPSA) is 81.1 Å². The number of hydrogen-bond donors (Lipinski definition) is 1. The molecular weight excluding hydrogens is 567 g/mol. The van der Waals surface area contributed by atoms with Gasteiger partial charge in [0.2, 0.25) is 12.3 Å². The molecule has 1 unspecified atom stereocenters. The fraction of sp³-hybridized carbons (Fsp3) is 0.394. The molecule has 1 aromatic carbocycles. The van der Waals surface area contributed by atoms with Gasteiger partial charge >= 0.3 is 0 Å². The fourth-order valence-electron chi connectivity index (χ4n) is 5.87. The molecule has 1 aromatic heterocycles. The van der Waals surface area contributed by atoms with Crippen molar-refractivity contribution in [2.75, 3.05) is 31.6 Å². The standard InChI is InChI=1S/C33H40ClFN6O2/c1-7-28(43)39(8-2)19-23-12-11-17-40(23)32(36-6)25-18-26(34)30(24-13-9-10-14-27(24)35)38-33(25)41(20-42)31-22(5)15-16-37-29(31)21(3)4/h7,9-10,13-16,18,20-21,23,30,38H,1,8,11-12,17,19H2,2-6H3/t23-,30?/m1/s1. The highest BCUT2D eigenvalue weighted by molar-refractivity contribution is 6.31. The zero-order valence-corrected chi connectivity index (χ0v) is 26.2. The van der Waals surface area contributed by atoms with Crippen LogP contribution in [0.25, 0.3) is 0 Å². The van der Waals surface area contributed by atoms with E-state index in [-0.39, 0.29) is 17.9 Å². The molecule has 1 N–H and O–H groups in total. The maximum absolute atomic E-state index is 15.1. The van der Waals surface area contributed by atoms with Gasteiger partial charge in [0.1, 0.15) is 17.5 Å². The number of dihydropyridines is 1. The van der Waals surface area contributed by atoms with Crippen LogP contribution >= 0.6 is 11.6 Å². The first kappa shape index (κ1) is 31.9. The summed E-state index contributed by atoms with van der Waals surface area (Å²) >= 11 is 6.91. The number of likely N-dealkylation sites (tertiary alicyclic amines) is 1. The summed E-state index contributed by atoms with van der Waals surface area (Å²) in [5, 5.41) is 3.76. The predicted octanol–water partition coefficient (Wildman–Crippen LogP) is 5.82. The number of amidine groups is 1. The second kappa shape index (κ2) is 14.0. The van der Waals surface area contributed by atoms with Gasteiger partial charge in [-0.2, -0.15) is 0 Å². The summed E-state index contributed by atoms with van der Waals surface area (Å²) in [6.07, 6.45) is 7.36. The van der Waals surface area contributed by atoms with Crippen LogP contribution in [0.3, 0.4) is 0 Å². The number of likely N-dealkylation sites (N-methyl/N-ethyl adjacent to an activating group) is 1. The highest BCUT2D eigenvalue weighted by atomic mass is 35.5. The molecule has 43 heavy (non-hydrogen) atoms. The first-order chi connectivity index (χ1) is 20.7. The molecule has 2 amide bonds. The number of halogens is 2. The van der Waals surface area contributed by atoms with Crippen molar-refractivity contribution < 1.29 is 14.0 Å². The van der Waals surface area contributed by atoms with Gasteiger partial charge < -0.3 is 15.1 Å². The Hall–Kier alpha value is -3.98. The summed E-state index contributed by atoms with van der Waals surface area (Å²) in [5.74, 6) is 0.530. The minimum absolute atomic E-state index is 0.0104. The van der Waals surface area contributed by atoms with E-state index >= 15 is 4.39 Å². The number of carbonyl (C=O) groups excluding carboxylic acids is 2. The molecule has 0 radical (unpaired) electrons. The van der Waals surface area contributed by atoms with Gasteiger partial charge in [0.05, 0.1) is 23.0 Å². The number of nitrogens with zero attached hydrogens (tertiary/aromatic N) is 5. The van der Waals surface area contributed by atoms with E-state index in [1.807, 2.05) is 33.8 Å². The summed E-state index contributed by atoms with van der Waals surface area (Å²) < 4.78 is 15.1. The second-order valence-electron chi connectivity index (χ2n) is 11.0. The number of rotatable bonds is 10. The highest BCUT2D eigenvalue weighted by Crippen LogP contribution is 2.38. The van der Waals surface area contributed by atoms with Crippen molar-refractivity contribution in [1.29, 1.82) is 0 Å². The van der Waals surface area contributed by atoms with Gasteiger partial charge in [-0.3, -0.25) is 24.5 Å². The molecule has 0 saturated carbocycles. The van der Waals surface area contributed by atoms with Gasteiger partial charge in [0, 0.05) is 49.5 Å². The first-order valence-electron chi connectivity index (χ1n) is 14.6. The third kappa shape index (κ3) is 6.51. The fourth-order valence-corrected chi connectivity index (χ4v) is 6.15.